The summed E-state index contributed by atoms with van der Waals surface area (Å²) in [6.45, 7) is 6.08. The van der Waals surface area contributed by atoms with E-state index in [1.54, 1.807) is 19.1 Å². The molecule has 0 aromatic heterocycles. The molecule has 2 aromatic carbocycles. The fourth-order valence-corrected chi connectivity index (χ4v) is 2.56. The zero-order valence-corrected chi connectivity index (χ0v) is 13.2. The van der Waals surface area contributed by atoms with Gasteiger partial charge in [-0.2, -0.15) is 0 Å². The maximum atomic E-state index is 12.1. The summed E-state index contributed by atoms with van der Waals surface area (Å²) in [5, 5.41) is 22.2. The molecule has 0 heterocycles. The lowest BCUT2D eigenvalue weighted by Gasteiger charge is -2.16. The molecule has 0 aliphatic rings. The van der Waals surface area contributed by atoms with E-state index in [2.05, 4.69) is 13.8 Å². The molecule has 118 valence electrons. The Morgan fingerprint density at radius 1 is 1.14 bits per heavy atom. The summed E-state index contributed by atoms with van der Waals surface area (Å²) >= 11 is 0. The number of hydrogen-bond donors (Lipinski definition) is 2. The number of benzene rings is 2. The minimum atomic E-state index is -0.700. The lowest BCUT2D eigenvalue weighted by atomic mass is 9.93. The van der Waals surface area contributed by atoms with Crippen molar-refractivity contribution in [1.29, 1.82) is 0 Å². The highest BCUT2D eigenvalue weighted by atomic mass is 16.5. The average Bonchev–Trinajstić information content (AvgIpc) is 2.47. The van der Waals surface area contributed by atoms with Crippen LogP contribution >= 0.6 is 0 Å². The number of hydrogen-bond acceptors (Lipinski definition) is 4. The van der Waals surface area contributed by atoms with Gasteiger partial charge in [-0.05, 0) is 31.1 Å². The van der Waals surface area contributed by atoms with E-state index in [1.807, 2.05) is 12.1 Å². The fraction of sp³-hybridized carbons (Fsp3) is 0.389. The van der Waals surface area contributed by atoms with E-state index < -0.39 is 5.97 Å². The molecule has 2 aromatic rings. The Hall–Kier alpha value is -2.23. The minimum Gasteiger partial charge on any atom is -0.507 e. The molecule has 2 rings (SSSR count). The van der Waals surface area contributed by atoms with Gasteiger partial charge in [0.05, 0.1) is 6.61 Å². The first-order valence-electron chi connectivity index (χ1n) is 7.60. The Kier molecular flexibility index (Phi) is 4.91. The number of carbonyl (C=O) groups excluding carboxylic acids is 1. The van der Waals surface area contributed by atoms with Crippen molar-refractivity contribution < 1.29 is 19.7 Å². The zero-order chi connectivity index (χ0) is 16.3. The van der Waals surface area contributed by atoms with Crippen molar-refractivity contribution in [3.8, 4) is 11.5 Å². The number of fused-ring (bicyclic) bond motifs is 1. The molecule has 0 bridgehead atoms. The predicted molar refractivity (Wildman–Crippen MR) is 86.4 cm³/mol. The van der Waals surface area contributed by atoms with Crippen LogP contribution in [0.5, 0.6) is 11.5 Å². The monoisotopic (exact) mass is 302 g/mol. The number of aromatic hydroxyl groups is 2. The van der Waals surface area contributed by atoms with E-state index in [4.69, 9.17) is 4.74 Å². The van der Waals surface area contributed by atoms with Gasteiger partial charge >= 0.3 is 5.97 Å². The molecule has 0 saturated carbocycles. The summed E-state index contributed by atoms with van der Waals surface area (Å²) in [5.74, 6) is -0.623. The molecule has 4 nitrogen and oxygen atoms in total. The molecule has 0 unspecified atom stereocenters. The van der Waals surface area contributed by atoms with Gasteiger partial charge in [0.15, 0.2) is 0 Å². The lowest BCUT2D eigenvalue weighted by molar-refractivity contribution is 0.0520. The molecule has 4 heteroatoms. The third kappa shape index (κ3) is 3.01. The van der Waals surface area contributed by atoms with E-state index in [1.165, 1.54) is 0 Å². The molecule has 0 amide bonds. The quantitative estimate of drug-likeness (QED) is 0.819. The molecule has 0 fully saturated rings. The number of phenols is 2. The van der Waals surface area contributed by atoms with E-state index in [9.17, 15) is 15.0 Å². The maximum absolute atomic E-state index is 12.1. The first-order chi connectivity index (χ1) is 10.5. The Morgan fingerprint density at radius 3 is 2.36 bits per heavy atom. The highest BCUT2D eigenvalue weighted by Gasteiger charge is 2.24. The summed E-state index contributed by atoms with van der Waals surface area (Å²) in [6, 6.07) is 7.23. The smallest absolute Gasteiger partial charge is 0.345 e. The summed E-state index contributed by atoms with van der Waals surface area (Å²) in [7, 11) is 0. The second-order valence-corrected chi connectivity index (χ2v) is 5.75. The molecule has 0 aliphatic carbocycles. The van der Waals surface area contributed by atoms with Crippen LogP contribution < -0.4 is 0 Å². The normalized spacial score (nSPS) is 11.1. The highest BCUT2D eigenvalue weighted by molar-refractivity contribution is 6.05. The average molecular weight is 302 g/mol. The van der Waals surface area contributed by atoms with E-state index in [0.717, 1.165) is 11.8 Å². The Labute approximate surface area is 130 Å². The van der Waals surface area contributed by atoms with Crippen molar-refractivity contribution >= 4 is 16.7 Å². The Balaban J connectivity index is 2.67. The van der Waals surface area contributed by atoms with Gasteiger partial charge < -0.3 is 14.9 Å². The fourth-order valence-electron chi connectivity index (χ4n) is 2.56. The van der Waals surface area contributed by atoms with Gasteiger partial charge in [0.25, 0.3) is 0 Å². The van der Waals surface area contributed by atoms with E-state index in [-0.39, 0.29) is 23.7 Å². The molecular formula is C18H22O4. The molecular weight excluding hydrogens is 280 g/mol. The predicted octanol–water partition coefficient (Wildman–Crippen LogP) is 4.02. The minimum absolute atomic E-state index is 0.140. The van der Waals surface area contributed by atoms with Gasteiger partial charge in [0.2, 0.25) is 0 Å². The van der Waals surface area contributed by atoms with Crippen molar-refractivity contribution in [3.05, 3.63) is 35.4 Å². The van der Waals surface area contributed by atoms with Crippen LogP contribution in [0.15, 0.2) is 24.3 Å². The largest absolute Gasteiger partial charge is 0.507 e. The molecule has 0 spiro atoms. The Morgan fingerprint density at radius 2 is 1.77 bits per heavy atom. The van der Waals surface area contributed by atoms with Crippen LogP contribution in [0, 0.1) is 5.92 Å². The van der Waals surface area contributed by atoms with Gasteiger partial charge in [-0.1, -0.05) is 38.1 Å². The zero-order valence-electron chi connectivity index (χ0n) is 13.2. The first-order valence-corrected chi connectivity index (χ1v) is 7.60. The van der Waals surface area contributed by atoms with Crippen molar-refractivity contribution in [2.45, 2.75) is 33.6 Å². The lowest BCUT2D eigenvalue weighted by Crippen LogP contribution is -2.07. The number of phenolic OH excluding ortho intramolecular Hbond substituents is 2. The van der Waals surface area contributed by atoms with Crippen molar-refractivity contribution in [3.63, 3.8) is 0 Å². The number of rotatable bonds is 5. The van der Waals surface area contributed by atoms with Crippen LogP contribution in [-0.4, -0.2) is 22.8 Å². The van der Waals surface area contributed by atoms with Crippen molar-refractivity contribution in [2.75, 3.05) is 6.61 Å². The summed E-state index contributed by atoms with van der Waals surface area (Å²) in [6.07, 6.45) is 1.52. The molecule has 0 aliphatic heterocycles. The number of aryl methyl sites for hydroxylation is 1. The molecule has 0 radical (unpaired) electrons. The van der Waals surface area contributed by atoms with E-state index in [0.29, 0.717) is 23.3 Å². The van der Waals surface area contributed by atoms with Crippen molar-refractivity contribution in [1.82, 2.24) is 0 Å². The van der Waals surface area contributed by atoms with E-state index >= 15 is 0 Å². The molecule has 22 heavy (non-hydrogen) atoms. The van der Waals surface area contributed by atoms with Gasteiger partial charge in [-0.3, -0.25) is 0 Å². The molecule has 0 atom stereocenters. The van der Waals surface area contributed by atoms with Crippen molar-refractivity contribution in [2.24, 2.45) is 5.92 Å². The highest BCUT2D eigenvalue weighted by Crippen LogP contribution is 2.40. The first kappa shape index (κ1) is 16.1. The van der Waals surface area contributed by atoms with Crippen LogP contribution in [0.1, 0.15) is 43.1 Å². The van der Waals surface area contributed by atoms with Gasteiger partial charge in [0, 0.05) is 10.9 Å². The van der Waals surface area contributed by atoms with Crippen LogP contribution in [0.25, 0.3) is 10.8 Å². The van der Waals surface area contributed by atoms with Crippen LogP contribution in [0.3, 0.4) is 0 Å². The molecule has 0 saturated heterocycles. The van der Waals surface area contributed by atoms with Crippen LogP contribution in [-0.2, 0) is 11.2 Å². The SMILES string of the molecule is CCOC(=O)c1c(O)c(CCC(C)C)c2ccccc2c1O. The van der Waals surface area contributed by atoms with Crippen LogP contribution in [0.2, 0.25) is 0 Å². The standard InChI is InChI=1S/C18H22O4/c1-4-22-18(21)15-16(19)13-8-6-5-7-12(13)14(17(15)20)10-9-11(2)3/h5-8,11,19-20H,4,9-10H2,1-3H3. The summed E-state index contributed by atoms with van der Waals surface area (Å²) in [4.78, 5) is 12.1. The van der Waals surface area contributed by atoms with Gasteiger partial charge in [0.1, 0.15) is 17.1 Å². The molecule has 2 N–H and O–H groups in total. The van der Waals surface area contributed by atoms with Gasteiger partial charge in [-0.15, -0.1) is 0 Å². The third-order valence-electron chi connectivity index (χ3n) is 3.72. The second kappa shape index (κ2) is 6.69. The number of carbonyl (C=O) groups is 1. The number of ether oxygens (including phenoxy) is 1. The van der Waals surface area contributed by atoms with Gasteiger partial charge in [-0.25, -0.2) is 4.79 Å². The topological polar surface area (TPSA) is 66.8 Å². The second-order valence-electron chi connectivity index (χ2n) is 5.75. The third-order valence-corrected chi connectivity index (χ3v) is 3.72. The Bertz CT molecular complexity index is 689. The summed E-state index contributed by atoms with van der Waals surface area (Å²) in [5.41, 5.74) is 0.546. The van der Waals surface area contributed by atoms with Crippen LogP contribution in [0.4, 0.5) is 0 Å². The number of esters is 1. The summed E-state index contributed by atoms with van der Waals surface area (Å²) < 4.78 is 4.96. The maximum Gasteiger partial charge on any atom is 0.345 e.